The molecule has 3 N–H and O–H groups in total. The van der Waals surface area contributed by atoms with Crippen molar-refractivity contribution in [3.8, 4) is 0 Å². The van der Waals surface area contributed by atoms with Crippen LogP contribution in [0.3, 0.4) is 0 Å². The zero-order valence-corrected chi connectivity index (χ0v) is 8.67. The highest BCUT2D eigenvalue weighted by atomic mass is 32.1. The summed E-state index contributed by atoms with van der Waals surface area (Å²) in [6, 6.07) is -1.25. The molecule has 0 aromatic rings. The van der Waals surface area contributed by atoms with Crippen LogP contribution in [0.1, 0.15) is 13.8 Å². The van der Waals surface area contributed by atoms with E-state index in [1.807, 2.05) is 13.8 Å². The topological polar surface area (TPSA) is 72.2 Å². The quantitative estimate of drug-likeness (QED) is 0.527. The van der Waals surface area contributed by atoms with Gasteiger partial charge in [0.05, 0.1) is 6.04 Å². The molecule has 0 bridgehead atoms. The van der Waals surface area contributed by atoms with Crippen LogP contribution in [-0.2, 0) is 9.59 Å². The number of nitrogens with one attached hydrogen (secondary N) is 1. The molecule has 0 spiro atoms. The second kappa shape index (κ2) is 5.99. The van der Waals surface area contributed by atoms with E-state index in [2.05, 4.69) is 17.9 Å². The second-order valence-corrected chi connectivity index (χ2v) is 3.50. The first-order valence-electron chi connectivity index (χ1n) is 4.07. The number of thiol groups is 1. The Morgan fingerprint density at radius 1 is 1.62 bits per heavy atom. The maximum absolute atomic E-state index is 11.3. The van der Waals surface area contributed by atoms with E-state index in [9.17, 15) is 9.59 Å². The number of hydrogen-bond donors (Lipinski definition) is 3. The summed E-state index contributed by atoms with van der Waals surface area (Å²) in [5, 5.41) is 2.43. The molecule has 0 aromatic carbocycles. The molecule has 0 aliphatic carbocycles. The zero-order valence-electron chi connectivity index (χ0n) is 7.78. The summed E-state index contributed by atoms with van der Waals surface area (Å²) in [6.07, 6.45) is 1.66. The van der Waals surface area contributed by atoms with Crippen LogP contribution in [0.15, 0.2) is 0 Å². The van der Waals surface area contributed by atoms with Gasteiger partial charge >= 0.3 is 0 Å². The lowest BCUT2D eigenvalue weighted by molar-refractivity contribution is -0.123. The summed E-state index contributed by atoms with van der Waals surface area (Å²) in [6.45, 7) is 3.68. The van der Waals surface area contributed by atoms with Crippen molar-refractivity contribution in [3.05, 3.63) is 0 Å². The Bertz CT molecular complexity index is 185. The third-order valence-electron chi connectivity index (χ3n) is 1.66. The molecule has 2 atom stereocenters. The highest BCUT2D eigenvalue weighted by Gasteiger charge is 2.19. The number of carbonyl (C=O) groups is 1. The number of hydrogen-bond acceptors (Lipinski definition) is 4. The third-order valence-corrected chi connectivity index (χ3v) is 2.03. The van der Waals surface area contributed by atoms with Gasteiger partial charge in [-0.15, -0.1) is 0 Å². The van der Waals surface area contributed by atoms with E-state index < -0.39 is 12.1 Å². The lowest BCUT2D eigenvalue weighted by Gasteiger charge is -2.17. The van der Waals surface area contributed by atoms with Crippen molar-refractivity contribution in [2.24, 2.45) is 11.7 Å². The summed E-state index contributed by atoms with van der Waals surface area (Å²) in [7, 11) is 0. The summed E-state index contributed by atoms with van der Waals surface area (Å²) < 4.78 is 0. The van der Waals surface area contributed by atoms with Gasteiger partial charge in [-0.25, -0.2) is 0 Å². The molecule has 4 nitrogen and oxygen atoms in total. The molecule has 1 amide bonds. The molecule has 0 aliphatic rings. The molecule has 13 heavy (non-hydrogen) atoms. The van der Waals surface area contributed by atoms with Gasteiger partial charge in [0.15, 0.2) is 0 Å². The normalized spacial score (nSPS) is 15.2. The van der Waals surface area contributed by atoms with Gasteiger partial charge in [0, 0.05) is 5.75 Å². The molecular formula is C8H15N2O2S. The van der Waals surface area contributed by atoms with Crippen molar-refractivity contribution in [1.82, 2.24) is 5.32 Å². The van der Waals surface area contributed by atoms with Crippen molar-refractivity contribution >= 4 is 24.8 Å². The fourth-order valence-electron chi connectivity index (χ4n) is 0.683. The molecule has 0 heterocycles. The van der Waals surface area contributed by atoms with Crippen LogP contribution in [0.25, 0.3) is 0 Å². The Balaban J connectivity index is 4.05. The van der Waals surface area contributed by atoms with Crippen LogP contribution in [0.4, 0.5) is 0 Å². The number of carbonyl (C=O) groups excluding carboxylic acids is 2. The Kier molecular flexibility index (Phi) is 5.73. The molecule has 0 fully saturated rings. The molecule has 1 radical (unpaired) electrons. The van der Waals surface area contributed by atoms with Gasteiger partial charge in [0.1, 0.15) is 6.04 Å². The summed E-state index contributed by atoms with van der Waals surface area (Å²) in [4.78, 5) is 21.5. The van der Waals surface area contributed by atoms with Gasteiger partial charge in [-0.3, -0.25) is 9.59 Å². The SMILES string of the molecule is CC(C)[C@H](N)C(=O)N[C@H]([C]=O)CS. The summed E-state index contributed by atoms with van der Waals surface area (Å²) >= 11 is 3.87. The largest absolute Gasteiger partial charge is 0.344 e. The van der Waals surface area contributed by atoms with E-state index in [1.54, 1.807) is 6.29 Å². The van der Waals surface area contributed by atoms with Crippen molar-refractivity contribution < 1.29 is 9.59 Å². The number of amides is 1. The average molecular weight is 203 g/mol. The first kappa shape index (κ1) is 12.4. The fraction of sp³-hybridized carbons (Fsp3) is 0.750. The van der Waals surface area contributed by atoms with Crippen molar-refractivity contribution in [2.75, 3.05) is 5.75 Å². The van der Waals surface area contributed by atoms with E-state index in [4.69, 9.17) is 5.73 Å². The van der Waals surface area contributed by atoms with E-state index >= 15 is 0 Å². The Labute approximate surface area is 83.7 Å². The van der Waals surface area contributed by atoms with Gasteiger partial charge in [-0.05, 0) is 5.92 Å². The van der Waals surface area contributed by atoms with Gasteiger partial charge in [0.2, 0.25) is 12.2 Å². The van der Waals surface area contributed by atoms with Gasteiger partial charge in [0.25, 0.3) is 0 Å². The van der Waals surface area contributed by atoms with Gasteiger partial charge in [-0.2, -0.15) is 12.6 Å². The summed E-state index contributed by atoms with van der Waals surface area (Å²) in [5.74, 6) is -0.0512. The first-order chi connectivity index (χ1) is 6.02. The van der Waals surface area contributed by atoms with Crippen LogP contribution in [0.2, 0.25) is 0 Å². The maximum atomic E-state index is 11.3. The van der Waals surface area contributed by atoms with E-state index in [1.165, 1.54) is 0 Å². The first-order valence-corrected chi connectivity index (χ1v) is 4.70. The predicted molar refractivity (Wildman–Crippen MR) is 54.3 cm³/mol. The van der Waals surface area contributed by atoms with Gasteiger partial charge in [-0.1, -0.05) is 13.8 Å². The van der Waals surface area contributed by atoms with Crippen LogP contribution < -0.4 is 11.1 Å². The predicted octanol–water partition coefficient (Wildman–Crippen LogP) is -0.506. The minimum absolute atomic E-state index is 0.0484. The van der Waals surface area contributed by atoms with E-state index in [-0.39, 0.29) is 17.6 Å². The Morgan fingerprint density at radius 3 is 2.46 bits per heavy atom. The third kappa shape index (κ3) is 4.28. The highest BCUT2D eigenvalue weighted by molar-refractivity contribution is 7.80. The molecular weight excluding hydrogens is 188 g/mol. The zero-order chi connectivity index (χ0) is 10.4. The smallest absolute Gasteiger partial charge is 0.237 e. The van der Waals surface area contributed by atoms with Crippen LogP contribution in [0, 0.1) is 5.92 Å². The molecule has 0 aliphatic heterocycles. The Hall–Kier alpha value is -0.550. The molecule has 0 rings (SSSR count). The Morgan fingerprint density at radius 2 is 2.15 bits per heavy atom. The van der Waals surface area contributed by atoms with Crippen molar-refractivity contribution in [1.29, 1.82) is 0 Å². The maximum Gasteiger partial charge on any atom is 0.237 e. The second-order valence-electron chi connectivity index (χ2n) is 3.13. The van der Waals surface area contributed by atoms with Crippen molar-refractivity contribution in [2.45, 2.75) is 25.9 Å². The number of rotatable bonds is 5. The molecule has 75 valence electrons. The molecule has 5 heteroatoms. The van der Waals surface area contributed by atoms with Crippen LogP contribution in [-0.4, -0.2) is 30.0 Å². The van der Waals surface area contributed by atoms with Crippen LogP contribution >= 0.6 is 12.6 Å². The monoisotopic (exact) mass is 203 g/mol. The number of nitrogens with two attached hydrogens (primary N) is 1. The minimum Gasteiger partial charge on any atom is -0.344 e. The average Bonchev–Trinajstić information content (AvgIpc) is 2.12. The molecule has 0 unspecified atom stereocenters. The molecule has 0 saturated heterocycles. The molecule has 0 aromatic heterocycles. The lowest BCUT2D eigenvalue weighted by Crippen LogP contribution is -2.48. The molecule has 0 saturated carbocycles. The van der Waals surface area contributed by atoms with Crippen LogP contribution in [0.5, 0.6) is 0 Å². The highest BCUT2D eigenvalue weighted by Crippen LogP contribution is 1.98. The summed E-state index contributed by atoms with van der Waals surface area (Å²) in [5.41, 5.74) is 5.55. The minimum atomic E-state index is -0.666. The standard InChI is InChI=1S/C8H15N2O2S/c1-5(2)7(9)8(12)10-6(3-11)4-13/h5-7,13H,4,9H2,1-2H3,(H,10,12)/t6-,7+/m1/s1. The van der Waals surface area contributed by atoms with Gasteiger partial charge < -0.3 is 11.1 Å². The van der Waals surface area contributed by atoms with Crippen molar-refractivity contribution in [3.63, 3.8) is 0 Å². The fourth-order valence-corrected chi connectivity index (χ4v) is 0.849. The van der Waals surface area contributed by atoms with E-state index in [0.717, 1.165) is 0 Å². The van der Waals surface area contributed by atoms with E-state index in [0.29, 0.717) is 0 Å². The lowest BCUT2D eigenvalue weighted by atomic mass is 10.0.